The van der Waals surface area contributed by atoms with Gasteiger partial charge >= 0.3 is 0 Å². The van der Waals surface area contributed by atoms with Crippen molar-refractivity contribution < 1.29 is 18.9 Å². The molecule has 5 aliphatic rings. The van der Waals surface area contributed by atoms with Crippen LogP contribution in [0.1, 0.15) is 209 Å². The Hall–Kier alpha value is -0.980. The van der Waals surface area contributed by atoms with Crippen molar-refractivity contribution in [3.63, 3.8) is 0 Å². The molecule has 8 atom stereocenters. The first kappa shape index (κ1) is 52.0. The van der Waals surface area contributed by atoms with Crippen LogP contribution in [0.5, 0.6) is 0 Å². The lowest BCUT2D eigenvalue weighted by atomic mass is 9.47. The largest absolute Gasteiger partial charge is 0.379 e. The number of unbranched alkanes of at least 4 members (excludes halogenated alkanes) is 10. The molecule has 5 rings (SSSR count). The summed E-state index contributed by atoms with van der Waals surface area (Å²) in [5.74, 6) is 4.55. The summed E-state index contributed by atoms with van der Waals surface area (Å²) < 4.78 is 25.3. The minimum atomic E-state index is 0.0980. The molecule has 0 spiro atoms. The molecule has 62 heavy (non-hydrogen) atoms. The van der Waals surface area contributed by atoms with E-state index >= 15 is 0 Å². The van der Waals surface area contributed by atoms with Crippen LogP contribution >= 0.6 is 0 Å². The number of fused-ring (bicyclic) bond motifs is 5. The van der Waals surface area contributed by atoms with E-state index in [2.05, 4.69) is 83.7 Å². The maximum Gasteiger partial charge on any atom is 0.0936 e. The minimum absolute atomic E-state index is 0.0980. The Balaban J connectivity index is 0.914. The minimum Gasteiger partial charge on any atom is -0.379 e. The first-order valence-corrected chi connectivity index (χ1v) is 27.1. The second kappa shape index (κ2) is 27.6. The van der Waals surface area contributed by atoms with Crippen LogP contribution in [0.4, 0.5) is 0 Å². The van der Waals surface area contributed by atoms with E-state index in [9.17, 15) is 0 Å². The molecule has 3 saturated carbocycles. The van der Waals surface area contributed by atoms with Gasteiger partial charge in [-0.05, 0) is 155 Å². The normalized spacial score (nSPS) is 30.3. The Bertz CT molecular complexity index is 1310. The number of ether oxygens (including phenoxy) is 4. The fourth-order valence-electron chi connectivity index (χ4n) is 13.2. The van der Waals surface area contributed by atoms with E-state index in [-0.39, 0.29) is 6.10 Å². The average Bonchev–Trinajstić information content (AvgIpc) is 3.77. The van der Waals surface area contributed by atoms with Crippen LogP contribution in [-0.2, 0) is 18.9 Å². The third-order valence-electron chi connectivity index (χ3n) is 17.0. The van der Waals surface area contributed by atoms with Crippen molar-refractivity contribution in [3.8, 4) is 0 Å². The summed E-state index contributed by atoms with van der Waals surface area (Å²) in [7, 11) is 0. The summed E-state index contributed by atoms with van der Waals surface area (Å²) in [6.07, 6.45) is 45.7. The van der Waals surface area contributed by atoms with E-state index in [0.29, 0.717) is 55.4 Å². The number of hydrogen-bond acceptors (Lipinski definition) is 5. The third kappa shape index (κ3) is 16.7. The lowest BCUT2D eigenvalue weighted by molar-refractivity contribution is -0.0707. The number of allylic oxidation sites excluding steroid dienone is 5. The predicted molar refractivity (Wildman–Crippen MR) is 264 cm³/mol. The quantitative estimate of drug-likeness (QED) is 0.0498. The highest BCUT2D eigenvalue weighted by atomic mass is 16.6. The zero-order valence-corrected chi connectivity index (χ0v) is 42.1. The Labute approximate surface area is 384 Å². The van der Waals surface area contributed by atoms with Crippen molar-refractivity contribution >= 4 is 0 Å². The highest BCUT2D eigenvalue weighted by molar-refractivity contribution is 5.25. The van der Waals surface area contributed by atoms with Gasteiger partial charge in [0.05, 0.1) is 45.2 Å². The second-order valence-electron chi connectivity index (χ2n) is 22.9. The van der Waals surface area contributed by atoms with Crippen molar-refractivity contribution in [1.29, 1.82) is 0 Å². The van der Waals surface area contributed by atoms with Gasteiger partial charge in [-0.25, -0.2) is 0 Å². The van der Waals surface area contributed by atoms with Gasteiger partial charge in [0.1, 0.15) is 0 Å². The smallest absolute Gasteiger partial charge is 0.0936 e. The molecule has 0 amide bonds. The van der Waals surface area contributed by atoms with Gasteiger partial charge in [-0.1, -0.05) is 142 Å². The van der Waals surface area contributed by atoms with Crippen LogP contribution in [0.2, 0.25) is 0 Å². The van der Waals surface area contributed by atoms with Crippen molar-refractivity contribution in [2.75, 3.05) is 59.3 Å². The van der Waals surface area contributed by atoms with Crippen LogP contribution < -0.4 is 0 Å². The van der Waals surface area contributed by atoms with Gasteiger partial charge < -0.3 is 23.8 Å². The standard InChI is InChI=1S/C57H101NO4/c1-8-9-10-11-12-13-14-15-16-17-18-19-20-21-22-25-38-60-45-51(44-58-37-36-55(4,5)46-58)62-42-40-59-39-41-61-50-32-34-57(7)49(43-50)28-30-52-53-31-29-48(27-24-23-26-47(2)3)56(53,6)35-33-54(52)57/h12-13,15-16,28,47-48,50-54H,8-11,14,17-27,29-46H2,1-7H3/b13-12-,16-15-/t48?,50-,51?,52-,53?,54?,56+,57-/m0/s1. The number of likely N-dealkylation sites (tertiary alicyclic amines) is 1. The molecule has 0 aromatic heterocycles. The Morgan fingerprint density at radius 2 is 1.48 bits per heavy atom. The fourth-order valence-corrected chi connectivity index (χ4v) is 13.2. The molecule has 5 nitrogen and oxygen atoms in total. The molecule has 358 valence electrons. The summed E-state index contributed by atoms with van der Waals surface area (Å²) in [6, 6.07) is 0. The van der Waals surface area contributed by atoms with Crippen LogP contribution in [0.15, 0.2) is 36.0 Å². The van der Waals surface area contributed by atoms with E-state index in [1.54, 1.807) is 5.57 Å². The highest BCUT2D eigenvalue weighted by Crippen LogP contribution is 2.67. The fraction of sp³-hybridized carbons (Fsp3) is 0.895. The van der Waals surface area contributed by atoms with Crippen LogP contribution in [-0.4, -0.2) is 76.4 Å². The molecule has 0 aromatic carbocycles. The number of nitrogens with zero attached hydrogens (tertiary/aromatic N) is 1. The zero-order chi connectivity index (χ0) is 44.1. The highest BCUT2D eigenvalue weighted by Gasteiger charge is 2.58. The molecule has 4 fully saturated rings. The molecule has 0 bridgehead atoms. The summed E-state index contributed by atoms with van der Waals surface area (Å²) in [5.41, 5.74) is 3.11. The van der Waals surface area contributed by atoms with Gasteiger partial charge in [0.2, 0.25) is 0 Å². The molecule has 0 aromatic rings. The van der Waals surface area contributed by atoms with Gasteiger partial charge in [-0.3, -0.25) is 0 Å². The van der Waals surface area contributed by atoms with Crippen LogP contribution in [0.25, 0.3) is 0 Å². The van der Waals surface area contributed by atoms with Gasteiger partial charge in [-0.15, -0.1) is 0 Å². The molecule has 1 heterocycles. The van der Waals surface area contributed by atoms with Crippen molar-refractivity contribution in [3.05, 3.63) is 36.0 Å². The predicted octanol–water partition coefficient (Wildman–Crippen LogP) is 15.1. The molecule has 1 saturated heterocycles. The number of rotatable bonds is 32. The molecular weight excluding hydrogens is 763 g/mol. The van der Waals surface area contributed by atoms with E-state index in [4.69, 9.17) is 18.9 Å². The molecule has 1 aliphatic heterocycles. The van der Waals surface area contributed by atoms with Crippen molar-refractivity contribution in [2.24, 2.45) is 45.8 Å². The molecule has 0 N–H and O–H groups in total. The Kier molecular flexibility index (Phi) is 23.2. The van der Waals surface area contributed by atoms with Gasteiger partial charge in [0.25, 0.3) is 0 Å². The number of hydrogen-bond donors (Lipinski definition) is 0. The van der Waals surface area contributed by atoms with Crippen LogP contribution in [0, 0.1) is 45.8 Å². The van der Waals surface area contributed by atoms with Crippen molar-refractivity contribution in [2.45, 2.75) is 221 Å². The zero-order valence-electron chi connectivity index (χ0n) is 42.1. The molecule has 5 heteroatoms. The maximum atomic E-state index is 6.52. The maximum absolute atomic E-state index is 6.52. The summed E-state index contributed by atoms with van der Waals surface area (Å²) in [4.78, 5) is 2.58. The Morgan fingerprint density at radius 3 is 2.24 bits per heavy atom. The summed E-state index contributed by atoms with van der Waals surface area (Å²) in [5, 5.41) is 0. The monoisotopic (exact) mass is 864 g/mol. The molecule has 4 aliphatic carbocycles. The van der Waals surface area contributed by atoms with E-state index in [1.165, 1.54) is 141 Å². The topological polar surface area (TPSA) is 40.2 Å². The second-order valence-corrected chi connectivity index (χ2v) is 22.9. The van der Waals surface area contributed by atoms with Gasteiger partial charge in [0, 0.05) is 19.7 Å². The third-order valence-corrected chi connectivity index (χ3v) is 17.0. The van der Waals surface area contributed by atoms with E-state index in [0.717, 1.165) is 75.1 Å². The van der Waals surface area contributed by atoms with E-state index < -0.39 is 0 Å². The molecule has 4 unspecified atom stereocenters. The lowest BCUT2D eigenvalue weighted by Crippen LogP contribution is -2.50. The van der Waals surface area contributed by atoms with Gasteiger partial charge in [0.15, 0.2) is 0 Å². The summed E-state index contributed by atoms with van der Waals surface area (Å²) in [6.45, 7) is 24.5. The van der Waals surface area contributed by atoms with E-state index in [1.807, 2.05) is 0 Å². The molecule has 0 radical (unpaired) electrons. The Morgan fingerprint density at radius 1 is 0.726 bits per heavy atom. The summed E-state index contributed by atoms with van der Waals surface area (Å²) >= 11 is 0. The average molecular weight is 864 g/mol. The SMILES string of the molecule is CCCCC/C=C\C/C=C\CCCCCCCCOCC(CN1CCC(C)(C)C1)OCCOCCO[C@H]1CC[C@@]2(C)C(=CC[C@H]3C4CCC(CCCCC(C)C)[C@@]4(C)CCC32)C1. The van der Waals surface area contributed by atoms with Crippen molar-refractivity contribution in [1.82, 2.24) is 4.90 Å². The lowest BCUT2D eigenvalue weighted by Gasteiger charge is -2.58. The first-order valence-electron chi connectivity index (χ1n) is 27.1. The van der Waals surface area contributed by atoms with Gasteiger partial charge in [-0.2, -0.15) is 0 Å². The molecular formula is C57H101NO4. The first-order chi connectivity index (χ1) is 30.0. The van der Waals surface area contributed by atoms with Crippen LogP contribution in [0.3, 0.4) is 0 Å².